The number of aliphatic hydroxyl groups is 1. The van der Waals surface area contributed by atoms with E-state index in [-0.39, 0.29) is 34.2 Å². The number of pyridine rings is 2. The molecule has 2 aromatic heterocycles. The number of aliphatic hydroxyl groups excluding tert-OH is 1. The normalized spacial score (nSPS) is 17.6. The quantitative estimate of drug-likeness (QED) is 0.358. The predicted molar refractivity (Wildman–Crippen MR) is 119 cm³/mol. The van der Waals surface area contributed by atoms with Gasteiger partial charge in [-0.15, -0.1) is 0 Å². The Kier molecular flexibility index (Phi) is 5.92. The van der Waals surface area contributed by atoms with Crippen molar-refractivity contribution >= 4 is 29.1 Å². The lowest BCUT2D eigenvalue weighted by Gasteiger charge is -2.25. The molecule has 1 atom stereocenters. The fourth-order valence-corrected chi connectivity index (χ4v) is 4.22. The number of methoxy groups -OCH3 is 1. The second-order valence-corrected chi connectivity index (χ2v) is 7.80. The van der Waals surface area contributed by atoms with Gasteiger partial charge in [0.25, 0.3) is 11.7 Å². The second kappa shape index (κ2) is 8.80. The van der Waals surface area contributed by atoms with E-state index in [4.69, 9.17) is 16.3 Å². The highest BCUT2D eigenvalue weighted by Crippen LogP contribution is 2.43. The van der Waals surface area contributed by atoms with Crippen LogP contribution in [0.5, 0.6) is 5.75 Å². The van der Waals surface area contributed by atoms with Crippen LogP contribution in [-0.2, 0) is 16.1 Å². The highest BCUT2D eigenvalue weighted by molar-refractivity contribution is 6.46. The number of aryl methyl sites for hydroxylation is 1. The number of ketones is 1. The number of hydrogen-bond acceptors (Lipinski definition) is 6. The van der Waals surface area contributed by atoms with E-state index >= 15 is 0 Å². The van der Waals surface area contributed by atoms with Crippen LogP contribution in [0.1, 0.15) is 28.3 Å². The lowest BCUT2D eigenvalue weighted by atomic mass is 9.95. The molecule has 1 aliphatic heterocycles. The number of halogens is 1. The molecule has 3 heterocycles. The van der Waals surface area contributed by atoms with Gasteiger partial charge in [0.05, 0.1) is 29.3 Å². The van der Waals surface area contributed by atoms with Gasteiger partial charge in [-0.1, -0.05) is 17.7 Å². The van der Waals surface area contributed by atoms with Gasteiger partial charge in [-0.2, -0.15) is 0 Å². The Bertz CT molecular complexity index is 1210. The van der Waals surface area contributed by atoms with Crippen molar-refractivity contribution < 1.29 is 19.4 Å². The van der Waals surface area contributed by atoms with Crippen molar-refractivity contribution in [3.8, 4) is 5.75 Å². The molecule has 1 amide bonds. The lowest BCUT2D eigenvalue weighted by Crippen LogP contribution is -2.29. The number of likely N-dealkylation sites (tertiary alicyclic amines) is 1. The first-order valence-corrected chi connectivity index (χ1v) is 10.2. The minimum atomic E-state index is -0.833. The molecular weight excluding hydrogens is 430 g/mol. The molecule has 3 aromatic rings. The number of hydrogen-bond donors (Lipinski definition) is 1. The van der Waals surface area contributed by atoms with E-state index < -0.39 is 17.7 Å². The van der Waals surface area contributed by atoms with Gasteiger partial charge in [0.2, 0.25) is 0 Å². The molecule has 0 aliphatic carbocycles. The Morgan fingerprint density at radius 1 is 1.16 bits per heavy atom. The molecule has 8 heteroatoms. The van der Waals surface area contributed by atoms with Crippen molar-refractivity contribution in [3.05, 3.63) is 94.0 Å². The molecule has 0 spiro atoms. The predicted octanol–water partition coefficient (Wildman–Crippen LogP) is 4.07. The molecule has 1 aromatic carbocycles. The summed E-state index contributed by atoms with van der Waals surface area (Å²) in [4.78, 5) is 35.8. The summed E-state index contributed by atoms with van der Waals surface area (Å²) in [5.74, 6) is -1.63. The van der Waals surface area contributed by atoms with Crippen LogP contribution in [0.3, 0.4) is 0 Å². The van der Waals surface area contributed by atoms with Crippen LogP contribution in [0.15, 0.2) is 66.8 Å². The first-order chi connectivity index (χ1) is 15.4. The van der Waals surface area contributed by atoms with Gasteiger partial charge in [-0.25, -0.2) is 0 Å². The summed E-state index contributed by atoms with van der Waals surface area (Å²) in [6.45, 7) is 1.97. The van der Waals surface area contributed by atoms with Gasteiger partial charge in [0, 0.05) is 31.3 Å². The van der Waals surface area contributed by atoms with E-state index in [1.165, 1.54) is 12.0 Å². The third kappa shape index (κ3) is 3.83. The summed E-state index contributed by atoms with van der Waals surface area (Å²) in [7, 11) is 1.42. The number of nitrogens with zero attached hydrogens (tertiary/aromatic N) is 3. The van der Waals surface area contributed by atoms with E-state index in [1.54, 1.807) is 61.2 Å². The summed E-state index contributed by atoms with van der Waals surface area (Å²) in [5, 5.41) is 11.6. The third-order valence-corrected chi connectivity index (χ3v) is 5.57. The summed E-state index contributed by atoms with van der Waals surface area (Å²) in [6.07, 6.45) is 6.40. The molecule has 1 saturated heterocycles. The monoisotopic (exact) mass is 449 g/mol. The van der Waals surface area contributed by atoms with E-state index in [9.17, 15) is 14.7 Å². The third-order valence-electron chi connectivity index (χ3n) is 5.29. The van der Waals surface area contributed by atoms with Crippen molar-refractivity contribution in [1.82, 2.24) is 14.9 Å². The number of aromatic nitrogens is 2. The fourth-order valence-electron chi connectivity index (χ4n) is 3.87. The average Bonchev–Trinajstić information content (AvgIpc) is 3.04. The highest BCUT2D eigenvalue weighted by atomic mass is 35.5. The Morgan fingerprint density at radius 2 is 1.91 bits per heavy atom. The van der Waals surface area contributed by atoms with Crippen molar-refractivity contribution in [2.24, 2.45) is 0 Å². The van der Waals surface area contributed by atoms with E-state index in [0.29, 0.717) is 5.56 Å². The van der Waals surface area contributed by atoms with Gasteiger partial charge in [-0.3, -0.25) is 19.6 Å². The minimum Gasteiger partial charge on any atom is -0.507 e. The smallest absolute Gasteiger partial charge is 0.295 e. The fraction of sp³-hybridized carbons (Fsp3) is 0.167. The van der Waals surface area contributed by atoms with Crippen LogP contribution in [0, 0.1) is 6.92 Å². The number of carbonyl (C=O) groups excluding carboxylic acids is 2. The number of benzene rings is 1. The molecule has 32 heavy (non-hydrogen) atoms. The van der Waals surface area contributed by atoms with Crippen LogP contribution in [-0.4, -0.2) is 38.8 Å². The van der Waals surface area contributed by atoms with Crippen molar-refractivity contribution in [1.29, 1.82) is 0 Å². The van der Waals surface area contributed by atoms with E-state index in [1.807, 2.05) is 6.92 Å². The standard InChI is InChI=1S/C24H20ClN3O4/c1-14-10-17(23(32-2)18(25)11-14)21(29)19-20(16-4-3-7-27-12-16)28(24(31)22(19)30)13-15-5-8-26-9-6-15/h3-12,20,29H,13H2,1-2H3/b21-19+. The highest BCUT2D eigenvalue weighted by Gasteiger charge is 2.46. The minimum absolute atomic E-state index is 0.0444. The zero-order valence-corrected chi connectivity index (χ0v) is 18.2. The Morgan fingerprint density at radius 3 is 2.56 bits per heavy atom. The number of Topliss-reactive ketones (excluding diaryl/α,β-unsaturated/α-hetero) is 1. The molecule has 1 N–H and O–H groups in total. The van der Waals surface area contributed by atoms with Crippen molar-refractivity contribution in [2.75, 3.05) is 7.11 Å². The van der Waals surface area contributed by atoms with Crippen LogP contribution < -0.4 is 4.74 Å². The summed E-state index contributed by atoms with van der Waals surface area (Å²) < 4.78 is 5.38. The Balaban J connectivity index is 1.92. The second-order valence-electron chi connectivity index (χ2n) is 7.40. The van der Waals surface area contributed by atoms with Gasteiger partial charge in [0.1, 0.15) is 11.5 Å². The Labute approximate surface area is 190 Å². The topological polar surface area (TPSA) is 92.6 Å². The van der Waals surface area contributed by atoms with E-state index in [2.05, 4.69) is 9.97 Å². The number of carbonyl (C=O) groups is 2. The van der Waals surface area contributed by atoms with Crippen LogP contribution in [0.2, 0.25) is 5.02 Å². The molecule has 162 valence electrons. The largest absolute Gasteiger partial charge is 0.507 e. The zero-order valence-electron chi connectivity index (χ0n) is 17.4. The first kappa shape index (κ1) is 21.5. The average molecular weight is 450 g/mol. The van der Waals surface area contributed by atoms with E-state index in [0.717, 1.165) is 11.1 Å². The zero-order chi connectivity index (χ0) is 22.8. The van der Waals surface area contributed by atoms with Crippen LogP contribution in [0.4, 0.5) is 0 Å². The molecule has 1 fully saturated rings. The van der Waals surface area contributed by atoms with Gasteiger partial charge >= 0.3 is 0 Å². The molecule has 1 unspecified atom stereocenters. The maximum Gasteiger partial charge on any atom is 0.295 e. The van der Waals surface area contributed by atoms with Gasteiger partial charge in [0.15, 0.2) is 0 Å². The number of ether oxygens (including phenoxy) is 1. The molecule has 4 rings (SSSR count). The molecule has 1 aliphatic rings. The van der Waals surface area contributed by atoms with Crippen LogP contribution >= 0.6 is 11.6 Å². The Hall–Kier alpha value is -3.71. The SMILES string of the molecule is COc1c(Cl)cc(C)cc1/C(O)=C1\C(=O)C(=O)N(Cc2ccncc2)C1c1cccnc1. The first-order valence-electron chi connectivity index (χ1n) is 9.84. The molecular formula is C24H20ClN3O4. The summed E-state index contributed by atoms with van der Waals surface area (Å²) in [6, 6.07) is 9.53. The lowest BCUT2D eigenvalue weighted by molar-refractivity contribution is -0.140. The molecule has 0 radical (unpaired) electrons. The maximum atomic E-state index is 13.2. The molecule has 0 bridgehead atoms. The molecule has 0 saturated carbocycles. The van der Waals surface area contributed by atoms with Crippen LogP contribution in [0.25, 0.3) is 5.76 Å². The summed E-state index contributed by atoms with van der Waals surface area (Å²) in [5.41, 5.74) is 2.36. The van der Waals surface area contributed by atoms with Gasteiger partial charge in [-0.05, 0) is 53.9 Å². The van der Waals surface area contributed by atoms with Gasteiger partial charge < -0.3 is 14.7 Å². The van der Waals surface area contributed by atoms with Crippen molar-refractivity contribution in [2.45, 2.75) is 19.5 Å². The van der Waals surface area contributed by atoms with Crippen molar-refractivity contribution in [3.63, 3.8) is 0 Å². The summed E-state index contributed by atoms with van der Waals surface area (Å²) >= 11 is 6.30. The number of amides is 1. The number of rotatable bonds is 5. The maximum absolute atomic E-state index is 13.2. The molecule has 7 nitrogen and oxygen atoms in total.